The van der Waals surface area contributed by atoms with E-state index in [0.717, 1.165) is 70.6 Å². The minimum Gasteiger partial charge on any atom is -0.466 e. The van der Waals surface area contributed by atoms with E-state index in [1.807, 2.05) is 0 Å². The maximum Gasteiger partial charge on any atom is 0.305 e. The van der Waals surface area contributed by atoms with E-state index in [2.05, 4.69) is 43.5 Å². The van der Waals surface area contributed by atoms with Gasteiger partial charge in [0.15, 0.2) is 0 Å². The number of carbonyl (C=O) groups excluding carboxylic acids is 2. The van der Waals surface area contributed by atoms with Crippen molar-refractivity contribution in [1.82, 2.24) is 5.32 Å². The molecule has 0 aromatic rings. The largest absolute Gasteiger partial charge is 0.466 e. The van der Waals surface area contributed by atoms with Crippen molar-refractivity contribution in [2.75, 3.05) is 13.2 Å². The molecule has 0 aliphatic carbocycles. The molecule has 0 saturated carbocycles. The number of nitrogens with one attached hydrogen (secondary N) is 1. The molecule has 0 rings (SSSR count). The summed E-state index contributed by atoms with van der Waals surface area (Å²) in [6.07, 6.45) is 76.2. The molecule has 0 spiro atoms. The monoisotopic (exact) mass is 1010 g/mol. The van der Waals surface area contributed by atoms with Gasteiger partial charge in [-0.25, -0.2) is 0 Å². The van der Waals surface area contributed by atoms with E-state index >= 15 is 0 Å². The number of allylic oxidation sites excluding steroid dienone is 4. The fraction of sp³-hybridized carbons (Fsp3) is 0.909. The number of aliphatic hydroxyl groups excluding tert-OH is 2. The van der Waals surface area contributed by atoms with Crippen LogP contribution in [-0.4, -0.2) is 47.4 Å². The smallest absolute Gasteiger partial charge is 0.305 e. The van der Waals surface area contributed by atoms with Gasteiger partial charge < -0.3 is 20.3 Å². The Bertz CT molecular complexity index is 1120. The topological polar surface area (TPSA) is 95.9 Å². The van der Waals surface area contributed by atoms with Gasteiger partial charge in [0.05, 0.1) is 25.4 Å². The van der Waals surface area contributed by atoms with E-state index in [0.29, 0.717) is 25.9 Å². The third-order valence-corrected chi connectivity index (χ3v) is 15.2. The van der Waals surface area contributed by atoms with Crippen molar-refractivity contribution in [2.24, 2.45) is 0 Å². The number of esters is 1. The molecular formula is C66H127NO5. The number of unbranched alkanes of at least 4 members (excludes halogenated alkanes) is 46. The van der Waals surface area contributed by atoms with Crippen molar-refractivity contribution in [3.63, 3.8) is 0 Å². The minimum absolute atomic E-state index is 0.0119. The maximum absolute atomic E-state index is 12.5. The van der Waals surface area contributed by atoms with Crippen LogP contribution in [-0.2, 0) is 14.3 Å². The van der Waals surface area contributed by atoms with Gasteiger partial charge in [0.2, 0.25) is 5.91 Å². The molecule has 1 amide bonds. The number of rotatable bonds is 61. The molecule has 0 aromatic carbocycles. The van der Waals surface area contributed by atoms with E-state index in [-0.39, 0.29) is 18.5 Å². The highest BCUT2D eigenvalue weighted by Gasteiger charge is 2.20. The molecule has 0 aliphatic heterocycles. The van der Waals surface area contributed by atoms with Crippen LogP contribution in [0.4, 0.5) is 0 Å². The van der Waals surface area contributed by atoms with Crippen molar-refractivity contribution >= 4 is 11.9 Å². The highest BCUT2D eigenvalue weighted by atomic mass is 16.5. The Morgan fingerprint density at radius 3 is 0.986 bits per heavy atom. The third-order valence-electron chi connectivity index (χ3n) is 15.2. The molecule has 0 bridgehead atoms. The predicted molar refractivity (Wildman–Crippen MR) is 315 cm³/mol. The Labute approximate surface area is 450 Å². The van der Waals surface area contributed by atoms with Crippen molar-refractivity contribution in [3.8, 4) is 0 Å². The van der Waals surface area contributed by atoms with Crippen LogP contribution in [0.15, 0.2) is 24.3 Å². The number of amides is 1. The van der Waals surface area contributed by atoms with E-state index in [9.17, 15) is 19.8 Å². The zero-order valence-electron chi connectivity index (χ0n) is 48.7. The number of hydrogen-bond acceptors (Lipinski definition) is 5. The van der Waals surface area contributed by atoms with Gasteiger partial charge >= 0.3 is 5.97 Å². The summed E-state index contributed by atoms with van der Waals surface area (Å²) in [5, 5.41) is 23.4. The zero-order valence-corrected chi connectivity index (χ0v) is 48.7. The predicted octanol–water partition coefficient (Wildman–Crippen LogP) is 20.6. The lowest BCUT2D eigenvalue weighted by Gasteiger charge is -2.22. The van der Waals surface area contributed by atoms with Crippen LogP contribution in [0.1, 0.15) is 361 Å². The Balaban J connectivity index is 3.45. The van der Waals surface area contributed by atoms with E-state index in [1.165, 1.54) is 257 Å². The highest BCUT2D eigenvalue weighted by molar-refractivity contribution is 5.76. The summed E-state index contributed by atoms with van der Waals surface area (Å²) in [7, 11) is 0. The number of carbonyl (C=O) groups is 2. The first kappa shape index (κ1) is 70.3. The van der Waals surface area contributed by atoms with Crippen molar-refractivity contribution in [3.05, 3.63) is 24.3 Å². The Morgan fingerprint density at radius 2 is 0.653 bits per heavy atom. The molecule has 6 heteroatoms. The second-order valence-electron chi connectivity index (χ2n) is 22.4. The molecular weight excluding hydrogens is 887 g/mol. The Hall–Kier alpha value is -1.66. The molecule has 72 heavy (non-hydrogen) atoms. The van der Waals surface area contributed by atoms with Crippen LogP contribution < -0.4 is 5.32 Å². The average Bonchev–Trinajstić information content (AvgIpc) is 3.38. The van der Waals surface area contributed by atoms with Gasteiger partial charge in [0, 0.05) is 12.8 Å². The molecule has 0 heterocycles. The van der Waals surface area contributed by atoms with Gasteiger partial charge in [0.25, 0.3) is 0 Å². The van der Waals surface area contributed by atoms with Crippen LogP contribution >= 0.6 is 0 Å². The second-order valence-corrected chi connectivity index (χ2v) is 22.4. The lowest BCUT2D eigenvalue weighted by molar-refractivity contribution is -0.143. The molecule has 0 fully saturated rings. The summed E-state index contributed by atoms with van der Waals surface area (Å²) in [5.74, 6) is -0.0586. The van der Waals surface area contributed by atoms with Gasteiger partial charge in [-0.15, -0.1) is 0 Å². The SMILES string of the molecule is CCCCCCCCC/C=C\CCCCCCCCCC(=O)OCCCCCC/C=C\CCCCCCCCCC(=O)NC(CO)C(O)CCCCCCCCCCCCCCCCCCCCCCCC. The van der Waals surface area contributed by atoms with E-state index < -0.39 is 12.1 Å². The average molecular weight is 1010 g/mol. The van der Waals surface area contributed by atoms with E-state index in [4.69, 9.17) is 4.74 Å². The van der Waals surface area contributed by atoms with Gasteiger partial charge in [0.1, 0.15) is 0 Å². The van der Waals surface area contributed by atoms with Gasteiger partial charge in [-0.2, -0.15) is 0 Å². The van der Waals surface area contributed by atoms with Crippen LogP contribution in [0.2, 0.25) is 0 Å². The minimum atomic E-state index is -0.676. The number of ether oxygens (including phenoxy) is 1. The summed E-state index contributed by atoms with van der Waals surface area (Å²) in [6.45, 7) is 4.94. The van der Waals surface area contributed by atoms with Crippen molar-refractivity contribution < 1.29 is 24.5 Å². The summed E-state index contributed by atoms with van der Waals surface area (Å²) in [6, 6.07) is -0.554. The first-order chi connectivity index (χ1) is 35.5. The number of aliphatic hydroxyl groups is 2. The van der Waals surface area contributed by atoms with Crippen LogP contribution in [0, 0.1) is 0 Å². The Morgan fingerprint density at radius 1 is 0.375 bits per heavy atom. The van der Waals surface area contributed by atoms with Gasteiger partial charge in [-0.1, -0.05) is 295 Å². The van der Waals surface area contributed by atoms with Crippen LogP contribution in [0.25, 0.3) is 0 Å². The fourth-order valence-electron chi connectivity index (χ4n) is 10.2. The van der Waals surface area contributed by atoms with Gasteiger partial charge in [-0.3, -0.25) is 9.59 Å². The fourth-order valence-corrected chi connectivity index (χ4v) is 10.2. The summed E-state index contributed by atoms with van der Waals surface area (Å²) >= 11 is 0. The summed E-state index contributed by atoms with van der Waals surface area (Å²) in [5.41, 5.74) is 0. The standard InChI is InChI=1S/C66H127NO5/c1-3-5-7-9-11-13-15-17-19-21-23-24-25-26-27-30-34-38-42-46-50-54-58-64(69)63(62-68)67-65(70)59-55-51-47-43-39-35-31-29-33-37-41-45-49-53-57-61-72-66(71)60-56-52-48-44-40-36-32-28-22-20-18-16-14-12-10-8-6-4-2/h20,22,33,37,63-64,68-69H,3-19,21,23-32,34-36,38-62H2,1-2H3,(H,67,70)/b22-20-,37-33-. The molecule has 3 N–H and O–H groups in total. The summed E-state index contributed by atoms with van der Waals surface area (Å²) in [4.78, 5) is 24.6. The van der Waals surface area contributed by atoms with Crippen LogP contribution in [0.5, 0.6) is 0 Å². The highest BCUT2D eigenvalue weighted by Crippen LogP contribution is 2.18. The first-order valence-electron chi connectivity index (χ1n) is 32.6. The first-order valence-corrected chi connectivity index (χ1v) is 32.6. The zero-order chi connectivity index (χ0) is 52.2. The normalized spacial score (nSPS) is 12.7. The molecule has 2 atom stereocenters. The molecule has 6 nitrogen and oxygen atoms in total. The number of hydrogen-bond donors (Lipinski definition) is 3. The molecule has 0 aromatic heterocycles. The van der Waals surface area contributed by atoms with Crippen molar-refractivity contribution in [1.29, 1.82) is 0 Å². The quantitative estimate of drug-likeness (QED) is 0.0320. The second kappa shape index (κ2) is 61.9. The molecule has 0 aliphatic rings. The van der Waals surface area contributed by atoms with Crippen molar-refractivity contribution in [2.45, 2.75) is 373 Å². The summed E-state index contributed by atoms with van der Waals surface area (Å²) < 4.78 is 5.48. The van der Waals surface area contributed by atoms with Crippen LogP contribution in [0.3, 0.4) is 0 Å². The molecule has 0 saturated heterocycles. The lowest BCUT2D eigenvalue weighted by atomic mass is 10.0. The molecule has 0 radical (unpaired) electrons. The molecule has 426 valence electrons. The van der Waals surface area contributed by atoms with Gasteiger partial charge in [-0.05, 0) is 77.0 Å². The lowest BCUT2D eigenvalue weighted by Crippen LogP contribution is -2.45. The Kier molecular flexibility index (Phi) is 60.5. The van der Waals surface area contributed by atoms with E-state index in [1.54, 1.807) is 0 Å². The third kappa shape index (κ3) is 57.6. The molecule has 2 unspecified atom stereocenters. The maximum atomic E-state index is 12.5.